The number of ether oxygens (including phenoxy) is 1. The molecule has 5 aliphatic carbocycles. The first-order valence-electron chi connectivity index (χ1n) is 20.4. The van der Waals surface area contributed by atoms with Crippen molar-refractivity contribution in [2.24, 2.45) is 61.9 Å². The molecule has 0 aromatic rings. The molecule has 6 aliphatic rings. The van der Waals surface area contributed by atoms with Crippen LogP contribution in [0.1, 0.15) is 152 Å². The van der Waals surface area contributed by atoms with E-state index in [-0.39, 0.29) is 68.9 Å². The van der Waals surface area contributed by atoms with Crippen LogP contribution in [0.2, 0.25) is 0 Å². The fraction of sp³-hybridized carbons (Fsp3) is 0.841. The molecule has 0 aromatic carbocycles. The molecular weight excluding hydrogens is 636 g/mol. The molecule has 51 heavy (non-hydrogen) atoms. The predicted molar refractivity (Wildman–Crippen MR) is 202 cm³/mol. The normalized spacial score (nSPS) is 43.3. The number of carbonyl (C=O) groups excluding carboxylic acids is 3. The van der Waals surface area contributed by atoms with Crippen molar-refractivity contribution in [2.45, 2.75) is 163 Å². The third kappa shape index (κ3) is 5.97. The number of Topliss-reactive ketones (excluding diaryl/α,β-unsaturated/α-hetero) is 1. The van der Waals surface area contributed by atoms with Crippen LogP contribution in [0.3, 0.4) is 0 Å². The largest absolute Gasteiger partial charge is 0.513 e. The van der Waals surface area contributed by atoms with Crippen LogP contribution in [0.4, 0.5) is 0 Å². The molecule has 1 aliphatic heterocycles. The van der Waals surface area contributed by atoms with E-state index < -0.39 is 11.0 Å². The lowest BCUT2D eigenvalue weighted by Gasteiger charge is -2.75. The van der Waals surface area contributed by atoms with Gasteiger partial charge >= 0.3 is 5.97 Å². The summed E-state index contributed by atoms with van der Waals surface area (Å²) in [6.07, 6.45) is 12.3. The molecule has 1 heterocycles. The number of esters is 1. The van der Waals surface area contributed by atoms with Crippen LogP contribution in [-0.4, -0.2) is 52.4 Å². The Morgan fingerprint density at radius 3 is 2.18 bits per heavy atom. The van der Waals surface area contributed by atoms with Crippen LogP contribution in [0, 0.1) is 56.2 Å². The molecule has 3 N–H and O–H groups in total. The number of carbonyl (C=O) groups is 3. The zero-order chi connectivity index (χ0) is 37.6. The van der Waals surface area contributed by atoms with Crippen LogP contribution in [-0.2, 0) is 19.1 Å². The number of aliphatic hydroxyl groups excluding tert-OH is 1. The molecule has 0 spiro atoms. The number of hydrogen-bond donors (Lipinski definition) is 2. The van der Waals surface area contributed by atoms with E-state index in [9.17, 15) is 19.5 Å². The third-order valence-corrected chi connectivity index (χ3v) is 17.2. The van der Waals surface area contributed by atoms with Crippen molar-refractivity contribution in [1.82, 2.24) is 4.90 Å². The fourth-order valence-electron chi connectivity index (χ4n) is 14.6. The van der Waals surface area contributed by atoms with Gasteiger partial charge in [0.05, 0.1) is 12.2 Å². The number of ketones is 1. The number of nitrogens with zero attached hydrogens (tertiary/aromatic N) is 1. The van der Waals surface area contributed by atoms with E-state index in [2.05, 4.69) is 54.7 Å². The Morgan fingerprint density at radius 1 is 0.902 bits per heavy atom. The van der Waals surface area contributed by atoms with Gasteiger partial charge in [-0.1, -0.05) is 67.2 Å². The summed E-state index contributed by atoms with van der Waals surface area (Å²) < 4.78 is 6.35. The molecule has 0 bridgehead atoms. The molecule has 286 valence electrons. The van der Waals surface area contributed by atoms with Gasteiger partial charge in [0.1, 0.15) is 11.9 Å². The van der Waals surface area contributed by atoms with Gasteiger partial charge in [0.15, 0.2) is 0 Å². The van der Waals surface area contributed by atoms with Crippen LogP contribution < -0.4 is 5.73 Å². The van der Waals surface area contributed by atoms with Gasteiger partial charge in [-0.3, -0.25) is 14.4 Å². The van der Waals surface area contributed by atoms with Crippen molar-refractivity contribution >= 4 is 17.7 Å². The highest BCUT2D eigenvalue weighted by Gasteiger charge is 2.75. The van der Waals surface area contributed by atoms with Crippen molar-refractivity contribution in [3.63, 3.8) is 0 Å². The van der Waals surface area contributed by atoms with Crippen molar-refractivity contribution < 1.29 is 24.2 Å². The van der Waals surface area contributed by atoms with E-state index in [1.807, 2.05) is 18.7 Å². The summed E-state index contributed by atoms with van der Waals surface area (Å²) in [6.45, 7) is 27.8. The smallest absolute Gasteiger partial charge is 0.306 e. The number of nitrogens with two attached hydrogens (primary N) is 1. The molecule has 1 saturated heterocycles. The van der Waals surface area contributed by atoms with Crippen LogP contribution >= 0.6 is 0 Å². The summed E-state index contributed by atoms with van der Waals surface area (Å²) in [7, 11) is 0. The molecule has 1 amide bonds. The maximum Gasteiger partial charge on any atom is 0.306 e. The summed E-state index contributed by atoms with van der Waals surface area (Å²) in [5, 5.41) is 9.79. The molecule has 0 radical (unpaired) electrons. The van der Waals surface area contributed by atoms with E-state index in [0.717, 1.165) is 64.2 Å². The highest BCUT2D eigenvalue weighted by atomic mass is 16.5. The Labute approximate surface area is 309 Å². The zero-order valence-electron chi connectivity index (χ0n) is 33.4. The predicted octanol–water partition coefficient (Wildman–Crippen LogP) is 9.10. The second-order valence-corrected chi connectivity index (χ2v) is 20.8. The van der Waals surface area contributed by atoms with Crippen molar-refractivity contribution in [2.75, 3.05) is 13.1 Å². The Bertz CT molecular complexity index is 1460. The van der Waals surface area contributed by atoms with E-state index in [1.165, 1.54) is 5.57 Å². The minimum Gasteiger partial charge on any atom is -0.513 e. The number of hydrogen-bond acceptors (Lipinski definition) is 6. The SMILES string of the molecule is C=C(O)CC(C)(C)CC(=O)O[C@H]1CC[C@]2(C)[C@H]3CCC4(N)[C@H]5[C@H](C(=C)C)CC[C@]5(CC(=O)N5CCC(=O)CC5)CC[C@@]4(C)[C@]3(C)CC[C@H]2C1(C)C. The Balaban J connectivity index is 1.26. The third-order valence-electron chi connectivity index (χ3n) is 17.2. The molecule has 6 rings (SSSR count). The molecule has 1 unspecified atom stereocenters. The van der Waals surface area contributed by atoms with Crippen LogP contribution in [0.5, 0.6) is 0 Å². The van der Waals surface area contributed by atoms with E-state index >= 15 is 0 Å². The Hall–Kier alpha value is -2.15. The highest BCUT2D eigenvalue weighted by Crippen LogP contribution is 2.78. The minimum atomic E-state index is -0.406. The average Bonchev–Trinajstić information content (AvgIpc) is 3.40. The lowest BCUT2D eigenvalue weighted by molar-refractivity contribution is -0.256. The molecular formula is C44H70N2O5. The first-order valence-corrected chi connectivity index (χ1v) is 20.4. The van der Waals surface area contributed by atoms with Gasteiger partial charge in [0.25, 0.3) is 0 Å². The van der Waals surface area contributed by atoms with E-state index in [0.29, 0.717) is 56.5 Å². The highest BCUT2D eigenvalue weighted by molar-refractivity contribution is 5.83. The first kappa shape index (κ1) is 38.6. The van der Waals surface area contributed by atoms with Crippen molar-refractivity contribution in [1.29, 1.82) is 0 Å². The topological polar surface area (TPSA) is 110 Å². The Morgan fingerprint density at radius 2 is 1.55 bits per heavy atom. The van der Waals surface area contributed by atoms with E-state index in [1.54, 1.807) is 0 Å². The quantitative estimate of drug-likeness (QED) is 0.148. The van der Waals surface area contributed by atoms with Crippen LogP contribution in [0.25, 0.3) is 0 Å². The molecule has 0 aromatic heterocycles. The van der Waals surface area contributed by atoms with Crippen molar-refractivity contribution in [3.05, 3.63) is 24.5 Å². The number of aliphatic hydroxyl groups is 1. The second-order valence-electron chi connectivity index (χ2n) is 20.8. The van der Waals surface area contributed by atoms with Gasteiger partial charge in [0, 0.05) is 49.7 Å². The maximum absolute atomic E-state index is 14.0. The van der Waals surface area contributed by atoms with Gasteiger partial charge in [-0.2, -0.15) is 0 Å². The molecule has 5 saturated carbocycles. The van der Waals surface area contributed by atoms with E-state index in [4.69, 9.17) is 10.5 Å². The monoisotopic (exact) mass is 707 g/mol. The number of rotatable bonds is 8. The van der Waals surface area contributed by atoms with Gasteiger partial charge in [-0.15, -0.1) is 0 Å². The average molecular weight is 707 g/mol. The lowest BCUT2D eigenvalue weighted by atomic mass is 9.30. The molecule has 10 atom stereocenters. The summed E-state index contributed by atoms with van der Waals surface area (Å²) >= 11 is 0. The number of fused-ring (bicyclic) bond motifs is 7. The van der Waals surface area contributed by atoms with Gasteiger partial charge < -0.3 is 20.5 Å². The standard InChI is InChI=1S/C44H70N2O5/c1-28(2)31-11-19-43(26-35(49)46-23-15-30(48)16-24-46)22-21-42(10)41(9)18-12-32-39(6,7)34(51-36(50)27-38(4,5)25-29(3)47)14-17-40(32,8)33(41)13-20-44(42,45)37(31)43/h31-34,37,47H,1,3,11-27,45H2,2,4-10H3/t31-,32-,33+,34-,37-,40-,41+,42-,43+,44?/m0/s1. The summed E-state index contributed by atoms with van der Waals surface area (Å²) in [4.78, 5) is 41.3. The summed E-state index contributed by atoms with van der Waals surface area (Å²) in [5.41, 5.74) is 8.30. The lowest BCUT2D eigenvalue weighted by Crippen LogP contribution is -2.76. The summed E-state index contributed by atoms with van der Waals surface area (Å²) in [5.74, 6) is 1.90. The number of piperidine rings is 1. The van der Waals surface area contributed by atoms with Gasteiger partial charge in [-0.25, -0.2) is 0 Å². The molecule has 7 heteroatoms. The number of likely N-dealkylation sites (tertiary alicyclic amines) is 1. The Kier molecular flexibility index (Phi) is 9.62. The molecule has 6 fully saturated rings. The molecule has 7 nitrogen and oxygen atoms in total. The van der Waals surface area contributed by atoms with Gasteiger partial charge in [0.2, 0.25) is 5.91 Å². The first-order chi connectivity index (χ1) is 23.6. The van der Waals surface area contributed by atoms with Crippen LogP contribution in [0.15, 0.2) is 24.5 Å². The second kappa shape index (κ2) is 12.7. The minimum absolute atomic E-state index is 0.0488. The number of amides is 1. The van der Waals surface area contributed by atoms with Crippen molar-refractivity contribution in [3.8, 4) is 0 Å². The number of allylic oxidation sites excluding steroid dienone is 2. The van der Waals surface area contributed by atoms with Gasteiger partial charge in [-0.05, 0) is 122 Å². The fourth-order valence-corrected chi connectivity index (χ4v) is 14.6. The summed E-state index contributed by atoms with van der Waals surface area (Å²) in [6, 6.07) is 0. The maximum atomic E-state index is 14.0. The zero-order valence-corrected chi connectivity index (χ0v) is 33.4.